The fourth-order valence-corrected chi connectivity index (χ4v) is 2.32. The number of hydrogen-bond donors (Lipinski definition) is 1. The monoisotopic (exact) mass is 348 g/mol. The molecule has 2 aromatic carbocycles. The molecule has 0 atom stereocenters. The fraction of sp³-hybridized carbons (Fsp3) is 0.100. The molecule has 0 saturated carbocycles. The Bertz CT molecular complexity index is 965. The third-order valence-corrected chi connectivity index (χ3v) is 3.53. The van der Waals surface area contributed by atoms with Crippen molar-refractivity contribution in [2.45, 2.75) is 0 Å². The highest BCUT2D eigenvalue weighted by atomic mass is 16.5. The number of rotatable bonds is 6. The first kappa shape index (κ1) is 17.1. The summed E-state index contributed by atoms with van der Waals surface area (Å²) >= 11 is 0. The Morgan fingerprint density at radius 1 is 1.27 bits per heavy atom. The van der Waals surface area contributed by atoms with Crippen molar-refractivity contribution in [3.63, 3.8) is 0 Å². The highest BCUT2D eigenvalue weighted by molar-refractivity contribution is 5.96. The summed E-state index contributed by atoms with van der Waals surface area (Å²) in [5.74, 6) is 3.21. The van der Waals surface area contributed by atoms with E-state index in [-0.39, 0.29) is 12.4 Å². The Balaban J connectivity index is 1.67. The van der Waals surface area contributed by atoms with Crippen LogP contribution in [-0.4, -0.2) is 25.8 Å². The molecular weight excluding hydrogens is 332 g/mol. The lowest BCUT2D eigenvalue weighted by Crippen LogP contribution is -2.16. The van der Waals surface area contributed by atoms with Crippen LogP contribution >= 0.6 is 0 Å². The van der Waals surface area contributed by atoms with E-state index in [0.717, 1.165) is 10.9 Å². The second-order valence-corrected chi connectivity index (χ2v) is 5.25. The van der Waals surface area contributed by atoms with Crippen LogP contribution in [0.1, 0.15) is 16.1 Å². The van der Waals surface area contributed by atoms with E-state index in [1.807, 2.05) is 18.2 Å². The second kappa shape index (κ2) is 7.90. The standard InChI is InChI=1S/C20H16N2O4/c1-3-10-25-17-9-8-14(11-18(17)24-2)13-21-22-20(23)19-12-15-6-4-5-7-16(15)26-19/h1,4-9,11-13H,10H2,2H3,(H,22,23). The van der Waals surface area contributed by atoms with Crippen molar-refractivity contribution in [2.75, 3.05) is 13.7 Å². The van der Waals surface area contributed by atoms with Gasteiger partial charge in [0.15, 0.2) is 17.3 Å². The van der Waals surface area contributed by atoms with Crippen molar-refractivity contribution in [3.8, 4) is 23.8 Å². The van der Waals surface area contributed by atoms with Gasteiger partial charge in [0.1, 0.15) is 12.2 Å². The Kier molecular flexibility index (Phi) is 5.20. The minimum Gasteiger partial charge on any atom is -0.493 e. The van der Waals surface area contributed by atoms with E-state index in [1.54, 1.807) is 30.3 Å². The van der Waals surface area contributed by atoms with Crippen LogP contribution in [0, 0.1) is 12.3 Å². The van der Waals surface area contributed by atoms with Crippen LogP contribution in [0.25, 0.3) is 11.0 Å². The van der Waals surface area contributed by atoms with Crippen LogP contribution < -0.4 is 14.9 Å². The Hall–Kier alpha value is -3.72. The molecule has 0 fully saturated rings. The Morgan fingerprint density at radius 2 is 2.12 bits per heavy atom. The molecule has 6 heteroatoms. The number of amides is 1. The van der Waals surface area contributed by atoms with Crippen molar-refractivity contribution in [1.29, 1.82) is 0 Å². The zero-order valence-corrected chi connectivity index (χ0v) is 14.1. The maximum Gasteiger partial charge on any atom is 0.307 e. The Labute approximate surface area is 150 Å². The number of nitrogens with one attached hydrogen (secondary N) is 1. The second-order valence-electron chi connectivity index (χ2n) is 5.25. The van der Waals surface area contributed by atoms with Gasteiger partial charge in [-0.15, -0.1) is 6.42 Å². The molecule has 0 bridgehead atoms. The van der Waals surface area contributed by atoms with Gasteiger partial charge in [0.25, 0.3) is 0 Å². The number of ether oxygens (including phenoxy) is 2. The summed E-state index contributed by atoms with van der Waals surface area (Å²) in [6.45, 7) is 0.150. The molecule has 6 nitrogen and oxygen atoms in total. The molecule has 0 aliphatic rings. The molecule has 1 N–H and O–H groups in total. The van der Waals surface area contributed by atoms with Gasteiger partial charge in [-0.1, -0.05) is 24.1 Å². The van der Waals surface area contributed by atoms with E-state index < -0.39 is 5.91 Å². The van der Waals surface area contributed by atoms with Crippen LogP contribution in [0.4, 0.5) is 0 Å². The van der Waals surface area contributed by atoms with Gasteiger partial charge in [-0.2, -0.15) is 5.10 Å². The molecule has 0 aliphatic heterocycles. The lowest BCUT2D eigenvalue weighted by molar-refractivity contribution is 0.0929. The quantitative estimate of drug-likeness (QED) is 0.422. The molecule has 0 radical (unpaired) electrons. The number of nitrogens with zero attached hydrogens (tertiary/aromatic N) is 1. The van der Waals surface area contributed by atoms with E-state index in [9.17, 15) is 4.79 Å². The molecular formula is C20H16N2O4. The third-order valence-electron chi connectivity index (χ3n) is 3.53. The molecule has 0 spiro atoms. The van der Waals surface area contributed by atoms with Crippen LogP contribution in [0.2, 0.25) is 0 Å². The lowest BCUT2D eigenvalue weighted by Gasteiger charge is -2.08. The van der Waals surface area contributed by atoms with Crippen LogP contribution in [0.15, 0.2) is 58.0 Å². The van der Waals surface area contributed by atoms with E-state index in [1.165, 1.54) is 13.3 Å². The average Bonchev–Trinajstić information content (AvgIpc) is 3.11. The van der Waals surface area contributed by atoms with Crippen molar-refractivity contribution >= 4 is 23.1 Å². The molecule has 1 aromatic heterocycles. The topological polar surface area (TPSA) is 73.1 Å². The summed E-state index contributed by atoms with van der Waals surface area (Å²) in [5.41, 5.74) is 3.80. The molecule has 130 valence electrons. The van der Waals surface area contributed by atoms with Gasteiger partial charge in [0, 0.05) is 5.39 Å². The Morgan fingerprint density at radius 3 is 2.88 bits per heavy atom. The predicted octanol–water partition coefficient (Wildman–Crippen LogP) is 3.22. The van der Waals surface area contributed by atoms with Crippen LogP contribution in [-0.2, 0) is 0 Å². The third kappa shape index (κ3) is 3.84. The maximum absolute atomic E-state index is 12.1. The van der Waals surface area contributed by atoms with Gasteiger partial charge < -0.3 is 13.9 Å². The number of hydrogen-bond acceptors (Lipinski definition) is 5. The van der Waals surface area contributed by atoms with E-state index in [2.05, 4.69) is 16.4 Å². The van der Waals surface area contributed by atoms with E-state index >= 15 is 0 Å². The number of fused-ring (bicyclic) bond motifs is 1. The summed E-state index contributed by atoms with van der Waals surface area (Å²) in [6.07, 6.45) is 6.67. The van der Waals surface area contributed by atoms with Gasteiger partial charge in [-0.25, -0.2) is 5.43 Å². The van der Waals surface area contributed by atoms with Gasteiger partial charge in [0.2, 0.25) is 0 Å². The van der Waals surface area contributed by atoms with Gasteiger partial charge >= 0.3 is 5.91 Å². The highest BCUT2D eigenvalue weighted by Gasteiger charge is 2.11. The zero-order valence-electron chi connectivity index (χ0n) is 14.1. The minimum atomic E-state index is -0.432. The number of benzene rings is 2. The summed E-state index contributed by atoms with van der Waals surface area (Å²) in [4.78, 5) is 12.1. The molecule has 0 unspecified atom stereocenters. The minimum absolute atomic E-state index is 0.150. The number of furan rings is 1. The molecule has 0 saturated heterocycles. The number of carbonyl (C=O) groups excluding carboxylic acids is 1. The summed E-state index contributed by atoms with van der Waals surface area (Å²) in [7, 11) is 1.53. The van der Waals surface area contributed by atoms with Gasteiger partial charge in [-0.3, -0.25) is 4.79 Å². The van der Waals surface area contributed by atoms with Gasteiger partial charge in [-0.05, 0) is 35.9 Å². The number of carbonyl (C=O) groups is 1. The molecule has 1 amide bonds. The van der Waals surface area contributed by atoms with Crippen molar-refractivity contribution < 1.29 is 18.7 Å². The number of hydrazone groups is 1. The molecule has 3 rings (SSSR count). The smallest absolute Gasteiger partial charge is 0.307 e. The first-order valence-electron chi connectivity index (χ1n) is 7.77. The van der Waals surface area contributed by atoms with Crippen LogP contribution in [0.3, 0.4) is 0 Å². The molecule has 1 heterocycles. The van der Waals surface area contributed by atoms with Gasteiger partial charge in [0.05, 0.1) is 13.3 Å². The first-order chi connectivity index (χ1) is 12.7. The molecule has 0 aliphatic carbocycles. The predicted molar refractivity (Wildman–Crippen MR) is 98.6 cm³/mol. The number of para-hydroxylation sites is 1. The molecule has 26 heavy (non-hydrogen) atoms. The lowest BCUT2D eigenvalue weighted by atomic mass is 10.2. The largest absolute Gasteiger partial charge is 0.493 e. The van der Waals surface area contributed by atoms with Crippen LogP contribution in [0.5, 0.6) is 11.5 Å². The van der Waals surface area contributed by atoms with Crippen molar-refractivity contribution in [3.05, 3.63) is 59.9 Å². The summed E-state index contributed by atoms with van der Waals surface area (Å²) in [5, 5.41) is 4.80. The number of methoxy groups -OCH3 is 1. The summed E-state index contributed by atoms with van der Waals surface area (Å²) in [6, 6.07) is 14.3. The highest BCUT2D eigenvalue weighted by Crippen LogP contribution is 2.27. The zero-order chi connectivity index (χ0) is 18.4. The average molecular weight is 348 g/mol. The first-order valence-corrected chi connectivity index (χ1v) is 7.77. The van der Waals surface area contributed by atoms with Crippen molar-refractivity contribution in [1.82, 2.24) is 5.43 Å². The van der Waals surface area contributed by atoms with E-state index in [0.29, 0.717) is 17.1 Å². The normalized spacial score (nSPS) is 10.6. The summed E-state index contributed by atoms with van der Waals surface area (Å²) < 4.78 is 16.1. The SMILES string of the molecule is C#CCOc1ccc(C=NNC(=O)c2cc3ccccc3o2)cc1OC. The van der Waals surface area contributed by atoms with E-state index in [4.69, 9.17) is 20.3 Å². The fourth-order valence-electron chi connectivity index (χ4n) is 2.32. The molecule has 3 aromatic rings. The number of terminal acetylenes is 1. The maximum atomic E-state index is 12.1. The van der Waals surface area contributed by atoms with Crippen molar-refractivity contribution in [2.24, 2.45) is 5.10 Å².